The Morgan fingerprint density at radius 3 is 2.50 bits per heavy atom. The highest BCUT2D eigenvalue weighted by molar-refractivity contribution is 5.76. The number of rotatable bonds is 6. The van der Waals surface area contributed by atoms with Crippen LogP contribution in [0.15, 0.2) is 85.0 Å². The highest BCUT2D eigenvalue weighted by atomic mass is 16.6. The van der Waals surface area contributed by atoms with Crippen molar-refractivity contribution >= 4 is 5.97 Å². The summed E-state index contributed by atoms with van der Waals surface area (Å²) in [6, 6.07) is 15.9. The van der Waals surface area contributed by atoms with Crippen LogP contribution in [0.2, 0.25) is 0 Å². The third-order valence-corrected chi connectivity index (χ3v) is 5.61. The summed E-state index contributed by atoms with van der Waals surface area (Å²) < 4.78 is 11.9. The van der Waals surface area contributed by atoms with E-state index in [1.54, 1.807) is 12.2 Å². The topological polar surface area (TPSA) is 59.0 Å². The Balaban J connectivity index is 1.45. The van der Waals surface area contributed by atoms with Crippen molar-refractivity contribution in [3.05, 3.63) is 96.1 Å². The summed E-state index contributed by atoms with van der Waals surface area (Å²) in [7, 11) is 0. The Kier molecular flexibility index (Phi) is 5.72. The van der Waals surface area contributed by atoms with Gasteiger partial charge in [0.2, 0.25) is 0 Å². The predicted molar refractivity (Wildman–Crippen MR) is 116 cm³/mol. The first-order chi connectivity index (χ1) is 14.6. The van der Waals surface area contributed by atoms with Gasteiger partial charge >= 0.3 is 5.97 Å². The smallest absolute Gasteiger partial charge is 0.312 e. The largest absolute Gasteiger partial charge is 0.485 e. The van der Waals surface area contributed by atoms with Crippen LogP contribution in [0.5, 0.6) is 11.5 Å². The molecule has 0 spiro atoms. The lowest BCUT2D eigenvalue weighted by Gasteiger charge is -2.33. The molecule has 0 bridgehead atoms. The van der Waals surface area contributed by atoms with Crippen LogP contribution in [-0.4, -0.2) is 35.7 Å². The molecule has 2 heterocycles. The number of fused-ring (bicyclic) bond motifs is 1. The van der Waals surface area contributed by atoms with Crippen molar-refractivity contribution in [1.29, 1.82) is 0 Å². The molecule has 2 aliphatic heterocycles. The lowest BCUT2D eigenvalue weighted by Crippen LogP contribution is -2.39. The van der Waals surface area contributed by atoms with Crippen molar-refractivity contribution in [2.24, 2.45) is 5.92 Å². The number of para-hydroxylation sites is 2. The molecule has 0 aromatic heterocycles. The van der Waals surface area contributed by atoms with E-state index >= 15 is 0 Å². The van der Waals surface area contributed by atoms with Crippen LogP contribution in [-0.2, 0) is 11.3 Å². The van der Waals surface area contributed by atoms with Crippen molar-refractivity contribution in [1.82, 2.24) is 4.90 Å². The molecule has 0 saturated carbocycles. The molecular formula is C25H25NO4. The minimum absolute atomic E-state index is 0.147. The van der Waals surface area contributed by atoms with Gasteiger partial charge in [0, 0.05) is 19.6 Å². The maximum atomic E-state index is 11.7. The zero-order chi connectivity index (χ0) is 21.1. The van der Waals surface area contributed by atoms with Crippen LogP contribution in [0.1, 0.15) is 17.2 Å². The van der Waals surface area contributed by atoms with Crippen molar-refractivity contribution in [2.45, 2.75) is 12.6 Å². The number of hydrogen-bond acceptors (Lipinski definition) is 4. The Morgan fingerprint density at radius 1 is 1.10 bits per heavy atom. The zero-order valence-electron chi connectivity index (χ0n) is 16.8. The van der Waals surface area contributed by atoms with E-state index in [2.05, 4.69) is 42.3 Å². The van der Waals surface area contributed by atoms with E-state index < -0.39 is 11.9 Å². The molecule has 30 heavy (non-hydrogen) atoms. The standard InChI is InChI=1S/C25H25NO4/c1-3-18-14-26(15-21(25(27)28)20(18)4-2)13-17-9-11-19(12-10-17)24-16-29-22-7-5-6-8-23(22)30-24/h3-12,21,24H,1-2,13-16H2,(H,27,28)/t21?,24-/m1/s1. The molecule has 2 aromatic carbocycles. The number of carbonyl (C=O) groups is 1. The third kappa shape index (κ3) is 4.02. The maximum Gasteiger partial charge on any atom is 0.312 e. The summed E-state index contributed by atoms with van der Waals surface area (Å²) in [4.78, 5) is 13.9. The first-order valence-corrected chi connectivity index (χ1v) is 9.99. The average Bonchev–Trinajstić information content (AvgIpc) is 2.78. The van der Waals surface area contributed by atoms with Crippen molar-refractivity contribution in [3.63, 3.8) is 0 Å². The molecule has 4 rings (SSSR count). The number of hydrogen-bond donors (Lipinski definition) is 1. The molecule has 5 nitrogen and oxygen atoms in total. The summed E-state index contributed by atoms with van der Waals surface area (Å²) in [5, 5.41) is 9.62. The second-order valence-corrected chi connectivity index (χ2v) is 7.56. The first-order valence-electron chi connectivity index (χ1n) is 9.99. The zero-order valence-corrected chi connectivity index (χ0v) is 16.8. The number of carboxylic acids is 1. The van der Waals surface area contributed by atoms with Gasteiger partial charge in [-0.1, -0.05) is 61.7 Å². The third-order valence-electron chi connectivity index (χ3n) is 5.61. The van der Waals surface area contributed by atoms with E-state index in [4.69, 9.17) is 9.47 Å². The van der Waals surface area contributed by atoms with Crippen LogP contribution in [0.4, 0.5) is 0 Å². The van der Waals surface area contributed by atoms with Gasteiger partial charge in [-0.2, -0.15) is 0 Å². The van der Waals surface area contributed by atoms with Gasteiger partial charge in [0.15, 0.2) is 17.6 Å². The molecule has 0 fully saturated rings. The highest BCUT2D eigenvalue weighted by Crippen LogP contribution is 2.36. The summed E-state index contributed by atoms with van der Waals surface area (Å²) in [5.41, 5.74) is 3.85. The van der Waals surface area contributed by atoms with E-state index in [0.717, 1.165) is 33.8 Å². The lowest BCUT2D eigenvalue weighted by atomic mass is 9.89. The summed E-state index contributed by atoms with van der Waals surface area (Å²) in [6.45, 7) is 9.88. The van der Waals surface area contributed by atoms with E-state index in [1.165, 1.54) is 0 Å². The van der Waals surface area contributed by atoms with Crippen molar-refractivity contribution in [3.8, 4) is 11.5 Å². The number of benzene rings is 2. The normalized spacial score (nSPS) is 21.2. The monoisotopic (exact) mass is 403 g/mol. The second kappa shape index (κ2) is 8.59. The molecule has 0 aliphatic carbocycles. The average molecular weight is 403 g/mol. The minimum atomic E-state index is -0.834. The molecule has 2 aromatic rings. The van der Waals surface area contributed by atoms with Crippen LogP contribution in [0.25, 0.3) is 0 Å². The highest BCUT2D eigenvalue weighted by Gasteiger charge is 2.30. The Morgan fingerprint density at radius 2 is 1.83 bits per heavy atom. The predicted octanol–water partition coefficient (Wildman–Crippen LogP) is 4.38. The second-order valence-electron chi connectivity index (χ2n) is 7.56. The Bertz CT molecular complexity index is 992. The molecule has 1 N–H and O–H groups in total. The number of aliphatic carboxylic acids is 1. The van der Waals surface area contributed by atoms with Crippen LogP contribution < -0.4 is 9.47 Å². The van der Waals surface area contributed by atoms with Gasteiger partial charge in [0.05, 0.1) is 5.92 Å². The van der Waals surface area contributed by atoms with E-state index in [9.17, 15) is 9.90 Å². The van der Waals surface area contributed by atoms with Gasteiger partial charge in [-0.05, 0) is 34.4 Å². The van der Waals surface area contributed by atoms with Gasteiger partial charge < -0.3 is 14.6 Å². The number of nitrogens with zero attached hydrogens (tertiary/aromatic N) is 1. The van der Waals surface area contributed by atoms with Crippen molar-refractivity contribution in [2.75, 3.05) is 19.7 Å². The van der Waals surface area contributed by atoms with Gasteiger partial charge in [-0.15, -0.1) is 0 Å². The lowest BCUT2D eigenvalue weighted by molar-refractivity contribution is -0.141. The molecule has 1 unspecified atom stereocenters. The van der Waals surface area contributed by atoms with E-state index in [0.29, 0.717) is 26.2 Å². The fourth-order valence-corrected chi connectivity index (χ4v) is 4.04. The van der Waals surface area contributed by atoms with Crippen molar-refractivity contribution < 1.29 is 19.4 Å². The molecule has 0 amide bonds. The van der Waals surface area contributed by atoms with E-state index in [-0.39, 0.29) is 6.10 Å². The van der Waals surface area contributed by atoms with Gasteiger partial charge in [-0.25, -0.2) is 0 Å². The SMILES string of the molecule is C=CC1=C(C=C)C(C(=O)O)CN(Cc2ccc([C@H]3COc4ccccc4O3)cc2)C1. The summed E-state index contributed by atoms with van der Waals surface area (Å²) in [5.74, 6) is 0.108. The van der Waals surface area contributed by atoms with Gasteiger partial charge in [0.25, 0.3) is 0 Å². The fourth-order valence-electron chi connectivity index (χ4n) is 4.04. The Hall–Kier alpha value is -3.31. The van der Waals surface area contributed by atoms with Crippen LogP contribution in [0.3, 0.4) is 0 Å². The van der Waals surface area contributed by atoms with E-state index in [1.807, 2.05) is 24.3 Å². The molecule has 0 saturated heterocycles. The molecule has 5 heteroatoms. The van der Waals surface area contributed by atoms with Gasteiger partial charge in [-0.3, -0.25) is 9.69 Å². The quantitative estimate of drug-likeness (QED) is 0.776. The molecular weight excluding hydrogens is 378 g/mol. The first kappa shape index (κ1) is 20.0. The molecule has 2 atom stereocenters. The molecule has 2 aliphatic rings. The summed E-state index contributed by atoms with van der Waals surface area (Å²) in [6.07, 6.45) is 3.23. The fraction of sp³-hybridized carbons (Fsp3) is 0.240. The molecule has 154 valence electrons. The van der Waals surface area contributed by atoms with Crippen LogP contribution >= 0.6 is 0 Å². The number of carboxylic acid groups (broad SMARTS) is 1. The summed E-state index contributed by atoms with van der Waals surface area (Å²) >= 11 is 0. The van der Waals surface area contributed by atoms with Gasteiger partial charge in [0.1, 0.15) is 6.61 Å². The number of allylic oxidation sites excluding steroid dienone is 1. The maximum absolute atomic E-state index is 11.7. The minimum Gasteiger partial charge on any atom is -0.485 e. The number of ether oxygens (including phenoxy) is 2. The Labute approximate surface area is 176 Å². The van der Waals surface area contributed by atoms with Crippen LogP contribution in [0, 0.1) is 5.92 Å². The molecule has 0 radical (unpaired) electrons.